The van der Waals surface area contributed by atoms with Gasteiger partial charge < -0.3 is 36.6 Å². The number of H-pyrrole nitrogens is 1. The van der Waals surface area contributed by atoms with Crippen LogP contribution in [-0.2, 0) is 16.0 Å². The average molecular weight is 420 g/mol. The molecular weight excluding hydrogens is 392 g/mol. The molecule has 0 spiro atoms. The van der Waals surface area contributed by atoms with Crippen molar-refractivity contribution in [2.75, 3.05) is 11.9 Å². The smallest absolute Gasteiger partial charge is 0.328 e. The Morgan fingerprint density at radius 1 is 1.17 bits per heavy atom. The summed E-state index contributed by atoms with van der Waals surface area (Å²) in [5, 5.41) is 26.1. The molecule has 1 fully saturated rings. The molecule has 3 rings (SSSR count). The molecule has 30 heavy (non-hydrogen) atoms. The van der Waals surface area contributed by atoms with E-state index >= 15 is 0 Å². The second kappa shape index (κ2) is 11.5. The molecule has 2 atom stereocenters. The van der Waals surface area contributed by atoms with Crippen molar-refractivity contribution in [2.45, 2.75) is 38.8 Å². The summed E-state index contributed by atoms with van der Waals surface area (Å²) in [7, 11) is 0. The van der Waals surface area contributed by atoms with Crippen LogP contribution < -0.4 is 16.0 Å². The van der Waals surface area contributed by atoms with Gasteiger partial charge in [0.1, 0.15) is 0 Å². The van der Waals surface area contributed by atoms with E-state index in [-0.39, 0.29) is 23.6 Å². The number of aromatic amines is 1. The first-order chi connectivity index (χ1) is 13.8. The Morgan fingerprint density at radius 2 is 1.83 bits per heavy atom. The molecule has 1 saturated heterocycles. The molecule has 1 aliphatic rings. The number of carbonyl (C=O) groups excluding carboxylic acids is 1. The Labute approximate surface area is 173 Å². The number of urea groups is 1. The number of fused-ring (bicyclic) bond motifs is 1. The zero-order valence-corrected chi connectivity index (χ0v) is 16.9. The summed E-state index contributed by atoms with van der Waals surface area (Å²) in [4.78, 5) is 33.7. The third-order valence-corrected chi connectivity index (χ3v) is 4.50. The summed E-state index contributed by atoms with van der Waals surface area (Å²) in [6, 6.07) is 6.88. The molecule has 0 radical (unpaired) electrons. The fraction of sp³-hybridized carbons (Fsp3) is 0.350. The lowest BCUT2D eigenvalue weighted by Gasteiger charge is -2.14. The highest BCUT2D eigenvalue weighted by Crippen LogP contribution is 2.25. The molecule has 164 valence electrons. The molecule has 2 heterocycles. The van der Waals surface area contributed by atoms with E-state index in [1.54, 1.807) is 0 Å². The average Bonchev–Trinajstić information content (AvgIpc) is 3.21. The lowest BCUT2D eigenvalue weighted by Crippen LogP contribution is -2.31. The zero-order valence-electron chi connectivity index (χ0n) is 16.9. The van der Waals surface area contributed by atoms with Crippen LogP contribution in [0, 0.1) is 0 Å². The topological polar surface area (TPSA) is 175 Å². The van der Waals surface area contributed by atoms with E-state index in [0.717, 1.165) is 30.6 Å². The Bertz CT molecular complexity index is 892. The number of nitrogens with one attached hydrogen (secondary N) is 4. The number of amides is 2. The summed E-state index contributed by atoms with van der Waals surface area (Å²) in [6.45, 7) is 5.05. The van der Waals surface area contributed by atoms with Crippen LogP contribution in [0.3, 0.4) is 0 Å². The molecule has 10 nitrogen and oxygen atoms in total. The van der Waals surface area contributed by atoms with E-state index < -0.39 is 11.9 Å². The molecule has 8 N–H and O–H groups in total. The van der Waals surface area contributed by atoms with Crippen molar-refractivity contribution in [3.05, 3.63) is 42.1 Å². The Hall–Kier alpha value is -3.53. The summed E-state index contributed by atoms with van der Waals surface area (Å²) in [6.07, 6.45) is 5.04. The number of aryl methyl sites for hydroxylation is 1. The van der Waals surface area contributed by atoms with E-state index in [4.69, 9.17) is 10.2 Å². The number of carbonyl (C=O) groups is 3. The minimum atomic E-state index is -1.26. The van der Waals surface area contributed by atoms with E-state index in [0.29, 0.717) is 12.2 Å². The SMILES string of the molecule is CCNc1c[nH]c2ccc(CCC3NC(=O)NC3C)cc12.O.O=C(O)C=CC(=O)O. The normalized spacial score (nSPS) is 17.5. The molecule has 2 unspecified atom stereocenters. The highest BCUT2D eigenvalue weighted by Gasteiger charge is 2.27. The maximum Gasteiger partial charge on any atom is 0.328 e. The van der Waals surface area contributed by atoms with Crippen LogP contribution >= 0.6 is 0 Å². The van der Waals surface area contributed by atoms with Gasteiger partial charge in [-0.25, -0.2) is 14.4 Å². The number of aromatic nitrogens is 1. The van der Waals surface area contributed by atoms with E-state index in [1.165, 1.54) is 10.9 Å². The van der Waals surface area contributed by atoms with Crippen LogP contribution in [0.1, 0.15) is 25.8 Å². The molecule has 2 aromatic rings. The van der Waals surface area contributed by atoms with Crippen LogP contribution in [0.5, 0.6) is 0 Å². The standard InChI is InChI=1S/C16H22N4O.C4H4O4.H2O/c1-3-17-15-9-18-14-7-5-11(8-12(14)15)4-6-13-10(2)19-16(21)20-13;5-3(6)1-2-4(7)8;/h5,7-10,13,17-18H,3-4,6H2,1-2H3,(H2,19,20,21);1-2H,(H,5,6)(H,7,8);1H2. The second-order valence-corrected chi connectivity index (χ2v) is 6.67. The number of benzene rings is 1. The summed E-state index contributed by atoms with van der Waals surface area (Å²) < 4.78 is 0. The van der Waals surface area contributed by atoms with E-state index in [9.17, 15) is 14.4 Å². The number of rotatable bonds is 7. The summed E-state index contributed by atoms with van der Waals surface area (Å²) in [5.74, 6) is -2.51. The predicted octanol–water partition coefficient (Wildman–Crippen LogP) is 1.49. The number of carboxylic acid groups (broad SMARTS) is 2. The number of aliphatic carboxylic acids is 2. The minimum absolute atomic E-state index is 0. The molecular formula is C20H28N4O6. The van der Waals surface area contributed by atoms with Gasteiger partial charge in [-0.1, -0.05) is 6.07 Å². The van der Waals surface area contributed by atoms with Gasteiger partial charge in [0, 0.05) is 41.8 Å². The Kier molecular flexibility index (Phi) is 9.37. The summed E-state index contributed by atoms with van der Waals surface area (Å²) >= 11 is 0. The first-order valence-corrected chi connectivity index (χ1v) is 9.35. The lowest BCUT2D eigenvalue weighted by molar-refractivity contribution is -0.134. The van der Waals surface area contributed by atoms with Crippen LogP contribution in [0.15, 0.2) is 36.5 Å². The fourth-order valence-electron chi connectivity index (χ4n) is 3.09. The molecule has 1 aromatic carbocycles. The number of hydrogen-bond acceptors (Lipinski definition) is 4. The minimum Gasteiger partial charge on any atom is -0.478 e. The molecule has 1 aromatic heterocycles. The van der Waals surface area contributed by atoms with Gasteiger partial charge in [-0.2, -0.15) is 0 Å². The van der Waals surface area contributed by atoms with Crippen molar-refractivity contribution in [3.63, 3.8) is 0 Å². The van der Waals surface area contributed by atoms with Crippen molar-refractivity contribution < 1.29 is 30.1 Å². The van der Waals surface area contributed by atoms with E-state index in [2.05, 4.69) is 46.1 Å². The van der Waals surface area contributed by atoms with Crippen molar-refractivity contribution >= 4 is 34.6 Å². The number of carboxylic acids is 2. The largest absolute Gasteiger partial charge is 0.478 e. The third kappa shape index (κ3) is 7.13. The molecule has 10 heteroatoms. The van der Waals surface area contributed by atoms with E-state index in [1.807, 2.05) is 13.1 Å². The van der Waals surface area contributed by atoms with Crippen LogP contribution in [0.25, 0.3) is 10.9 Å². The number of hydrogen-bond donors (Lipinski definition) is 6. The van der Waals surface area contributed by atoms with Crippen LogP contribution in [0.4, 0.5) is 10.5 Å². The van der Waals surface area contributed by atoms with Crippen molar-refractivity contribution in [2.24, 2.45) is 0 Å². The molecule has 1 aliphatic heterocycles. The molecule has 2 amide bonds. The van der Waals surface area contributed by atoms with Crippen molar-refractivity contribution in [1.82, 2.24) is 15.6 Å². The van der Waals surface area contributed by atoms with Gasteiger partial charge in [0.25, 0.3) is 0 Å². The Morgan fingerprint density at radius 3 is 2.37 bits per heavy atom. The zero-order chi connectivity index (χ0) is 21.4. The monoisotopic (exact) mass is 420 g/mol. The highest BCUT2D eigenvalue weighted by atomic mass is 16.4. The van der Waals surface area contributed by atoms with Gasteiger partial charge in [-0.15, -0.1) is 0 Å². The fourth-order valence-corrected chi connectivity index (χ4v) is 3.09. The third-order valence-electron chi connectivity index (χ3n) is 4.50. The molecule has 0 saturated carbocycles. The maximum absolute atomic E-state index is 11.3. The highest BCUT2D eigenvalue weighted by molar-refractivity contribution is 5.93. The van der Waals surface area contributed by atoms with Gasteiger partial charge in [-0.3, -0.25) is 0 Å². The molecule has 0 bridgehead atoms. The first kappa shape index (κ1) is 24.5. The number of anilines is 1. The van der Waals surface area contributed by atoms with Crippen LogP contribution in [-0.4, -0.2) is 57.3 Å². The van der Waals surface area contributed by atoms with Gasteiger partial charge in [-0.05, 0) is 44.4 Å². The Balaban J connectivity index is 0.000000431. The quantitative estimate of drug-likeness (QED) is 0.370. The van der Waals surface area contributed by atoms with Crippen LogP contribution in [0.2, 0.25) is 0 Å². The van der Waals surface area contributed by atoms with Gasteiger partial charge in [0.15, 0.2) is 0 Å². The van der Waals surface area contributed by atoms with Crippen molar-refractivity contribution in [3.8, 4) is 0 Å². The van der Waals surface area contributed by atoms with Gasteiger partial charge >= 0.3 is 18.0 Å². The van der Waals surface area contributed by atoms with Gasteiger partial charge in [0.2, 0.25) is 0 Å². The van der Waals surface area contributed by atoms with Gasteiger partial charge in [0.05, 0.1) is 11.7 Å². The lowest BCUT2D eigenvalue weighted by atomic mass is 10.0. The summed E-state index contributed by atoms with van der Waals surface area (Å²) in [5.41, 5.74) is 3.60. The van der Waals surface area contributed by atoms with Crippen molar-refractivity contribution in [1.29, 1.82) is 0 Å². The predicted molar refractivity (Wildman–Crippen MR) is 114 cm³/mol. The second-order valence-electron chi connectivity index (χ2n) is 6.67. The maximum atomic E-state index is 11.3. The molecule has 0 aliphatic carbocycles. The first-order valence-electron chi connectivity index (χ1n) is 9.35.